The molecule has 9 heteroatoms. The summed E-state index contributed by atoms with van der Waals surface area (Å²) >= 11 is 0. The molecule has 0 radical (unpaired) electrons. The number of nitrogens with zero attached hydrogens (tertiary/aromatic N) is 2. The molecule has 0 aromatic carbocycles. The summed E-state index contributed by atoms with van der Waals surface area (Å²) in [6, 6.07) is 5.26. The van der Waals surface area contributed by atoms with Gasteiger partial charge < -0.3 is 19.1 Å². The number of hydrogen-bond donors (Lipinski definition) is 3. The summed E-state index contributed by atoms with van der Waals surface area (Å²) in [5, 5.41) is -1.57. The van der Waals surface area contributed by atoms with Crippen molar-refractivity contribution in [2.24, 2.45) is 0 Å². The van der Waals surface area contributed by atoms with Crippen molar-refractivity contribution in [2.45, 2.75) is 11.8 Å². The second kappa shape index (κ2) is 4.96. The Morgan fingerprint density at radius 2 is 2.17 bits per heavy atom. The van der Waals surface area contributed by atoms with Crippen molar-refractivity contribution in [3.05, 3.63) is 36.3 Å². The minimum atomic E-state index is -4.61. The van der Waals surface area contributed by atoms with Crippen molar-refractivity contribution >= 4 is 21.3 Å². The Morgan fingerprint density at radius 3 is 2.78 bits per heavy atom. The standard InChI is InChI=1S/C9H12N2O5P2/c12-17(13)9(18(14,15)16)5-7-6-10-8-3-1-2-4-11(7)8/h1-4,6,9,17H,5H2,(H,12,13)(H2,14,15,16). The van der Waals surface area contributed by atoms with E-state index in [1.54, 1.807) is 28.8 Å². The average Bonchev–Trinajstić information content (AvgIpc) is 2.67. The first kappa shape index (κ1) is 13.5. The number of pyridine rings is 1. The van der Waals surface area contributed by atoms with Crippen LogP contribution in [0, 0.1) is 0 Å². The highest BCUT2D eigenvalue weighted by Crippen LogP contribution is 2.52. The van der Waals surface area contributed by atoms with Crippen molar-refractivity contribution in [3.63, 3.8) is 0 Å². The van der Waals surface area contributed by atoms with Gasteiger partial charge in [0.1, 0.15) is 11.0 Å². The molecule has 0 bridgehead atoms. The van der Waals surface area contributed by atoms with Crippen LogP contribution in [0.15, 0.2) is 30.6 Å². The summed E-state index contributed by atoms with van der Waals surface area (Å²) in [6.07, 6.45) is 2.94. The molecular weight excluding hydrogens is 278 g/mol. The van der Waals surface area contributed by atoms with Gasteiger partial charge in [-0.15, -0.1) is 0 Å². The Bertz CT molecular complexity index is 635. The number of rotatable bonds is 4. The second-order valence-electron chi connectivity index (χ2n) is 3.83. The first-order valence-corrected chi connectivity index (χ1v) is 8.20. The lowest BCUT2D eigenvalue weighted by Crippen LogP contribution is -2.09. The Morgan fingerprint density at radius 1 is 1.44 bits per heavy atom. The summed E-state index contributed by atoms with van der Waals surface area (Å²) in [5.41, 5.74) is 1.11. The van der Waals surface area contributed by atoms with E-state index in [1.165, 1.54) is 6.20 Å². The number of fused-ring (bicyclic) bond motifs is 1. The lowest BCUT2D eigenvalue weighted by molar-refractivity contribution is 0.364. The molecule has 0 saturated carbocycles. The molecule has 2 aromatic heterocycles. The van der Waals surface area contributed by atoms with E-state index in [1.807, 2.05) is 0 Å². The fourth-order valence-corrected chi connectivity index (χ4v) is 3.64. The van der Waals surface area contributed by atoms with Crippen LogP contribution in [0.3, 0.4) is 0 Å². The highest BCUT2D eigenvalue weighted by atomic mass is 31.2. The van der Waals surface area contributed by atoms with E-state index in [0.717, 1.165) is 0 Å². The molecule has 0 aliphatic heterocycles. The van der Waals surface area contributed by atoms with Gasteiger partial charge >= 0.3 is 7.60 Å². The third-order valence-electron chi connectivity index (χ3n) is 2.59. The highest BCUT2D eigenvalue weighted by Gasteiger charge is 2.34. The van der Waals surface area contributed by atoms with Gasteiger partial charge in [0, 0.05) is 24.5 Å². The van der Waals surface area contributed by atoms with Crippen LogP contribution >= 0.6 is 15.6 Å². The number of hydrogen-bond acceptors (Lipinski definition) is 3. The van der Waals surface area contributed by atoms with E-state index in [2.05, 4.69) is 4.98 Å². The molecule has 98 valence electrons. The molecule has 0 aliphatic carbocycles. The summed E-state index contributed by atoms with van der Waals surface area (Å²) in [6.45, 7) is 0. The summed E-state index contributed by atoms with van der Waals surface area (Å²) in [5.74, 6) is 0. The maximum Gasteiger partial charge on any atom is 0.338 e. The van der Waals surface area contributed by atoms with Crippen molar-refractivity contribution in [1.82, 2.24) is 9.38 Å². The molecule has 0 spiro atoms. The molecule has 0 fully saturated rings. The van der Waals surface area contributed by atoms with Crippen LogP contribution in [-0.2, 0) is 15.6 Å². The largest absolute Gasteiger partial charge is 0.346 e. The summed E-state index contributed by atoms with van der Waals surface area (Å²) in [7, 11) is -7.94. The zero-order valence-electron chi connectivity index (χ0n) is 9.17. The number of imidazole rings is 1. The fourth-order valence-electron chi connectivity index (χ4n) is 1.68. The minimum absolute atomic E-state index is 0.191. The van der Waals surface area contributed by atoms with Gasteiger partial charge in [0.05, 0.1) is 0 Å². The smallest absolute Gasteiger partial charge is 0.338 e. The Labute approximate surface area is 103 Å². The molecule has 3 N–H and O–H groups in total. The first-order chi connectivity index (χ1) is 8.39. The Balaban J connectivity index is 2.38. The van der Waals surface area contributed by atoms with Gasteiger partial charge in [0.2, 0.25) is 8.03 Å². The van der Waals surface area contributed by atoms with Gasteiger partial charge in [-0.25, -0.2) is 4.98 Å². The molecule has 7 nitrogen and oxygen atoms in total. The predicted octanol–water partition coefficient (Wildman–Crippen LogP) is 0.848. The van der Waals surface area contributed by atoms with Crippen LogP contribution in [0.2, 0.25) is 0 Å². The third kappa shape index (κ3) is 2.71. The summed E-state index contributed by atoms with van der Waals surface area (Å²) < 4.78 is 23.9. The van der Waals surface area contributed by atoms with Crippen LogP contribution in [0.1, 0.15) is 5.69 Å². The van der Waals surface area contributed by atoms with Crippen LogP contribution in [0.4, 0.5) is 0 Å². The summed E-state index contributed by atoms with van der Waals surface area (Å²) in [4.78, 5) is 31.2. The van der Waals surface area contributed by atoms with Gasteiger partial charge in [-0.1, -0.05) is 6.07 Å². The van der Waals surface area contributed by atoms with Crippen LogP contribution in [0.5, 0.6) is 0 Å². The van der Waals surface area contributed by atoms with Gasteiger partial charge in [-0.2, -0.15) is 0 Å². The molecule has 2 atom stereocenters. The molecule has 2 heterocycles. The van der Waals surface area contributed by atoms with Crippen molar-refractivity contribution in [1.29, 1.82) is 0 Å². The van der Waals surface area contributed by atoms with Gasteiger partial charge in [-0.05, 0) is 12.1 Å². The van der Waals surface area contributed by atoms with E-state index in [9.17, 15) is 9.13 Å². The van der Waals surface area contributed by atoms with E-state index < -0.39 is 21.0 Å². The normalized spacial score (nSPS) is 15.7. The zero-order valence-corrected chi connectivity index (χ0v) is 11.1. The van der Waals surface area contributed by atoms with Crippen LogP contribution < -0.4 is 0 Å². The first-order valence-electron chi connectivity index (χ1n) is 5.08. The van der Waals surface area contributed by atoms with Crippen LogP contribution in [0.25, 0.3) is 5.65 Å². The second-order valence-corrected chi connectivity index (χ2v) is 7.49. The molecule has 0 amide bonds. The predicted molar refractivity (Wildman–Crippen MR) is 65.9 cm³/mol. The van der Waals surface area contributed by atoms with Crippen molar-refractivity contribution in [3.8, 4) is 0 Å². The zero-order chi connectivity index (χ0) is 13.3. The van der Waals surface area contributed by atoms with Crippen molar-refractivity contribution < 1.29 is 23.8 Å². The monoisotopic (exact) mass is 290 g/mol. The topological polar surface area (TPSA) is 112 Å². The van der Waals surface area contributed by atoms with Gasteiger partial charge in [0.25, 0.3) is 0 Å². The van der Waals surface area contributed by atoms with Gasteiger partial charge in [-0.3, -0.25) is 9.13 Å². The Kier molecular flexibility index (Phi) is 3.71. The Hall–Kier alpha value is -0.970. The molecule has 18 heavy (non-hydrogen) atoms. The van der Waals surface area contributed by atoms with Crippen molar-refractivity contribution in [2.75, 3.05) is 0 Å². The molecular formula is C9H12N2O5P2. The molecule has 0 saturated heterocycles. The van der Waals surface area contributed by atoms with Gasteiger partial charge in [0.15, 0.2) is 0 Å². The lowest BCUT2D eigenvalue weighted by Gasteiger charge is -2.14. The van der Waals surface area contributed by atoms with E-state index in [0.29, 0.717) is 11.3 Å². The van der Waals surface area contributed by atoms with E-state index >= 15 is 0 Å². The fraction of sp³-hybridized carbons (Fsp3) is 0.222. The lowest BCUT2D eigenvalue weighted by atomic mass is 10.3. The van der Waals surface area contributed by atoms with E-state index in [-0.39, 0.29) is 6.42 Å². The van der Waals surface area contributed by atoms with E-state index in [4.69, 9.17) is 14.7 Å². The molecule has 2 aromatic rings. The SMILES string of the molecule is O=[PH](O)C(Cc1cnc2ccccn12)P(=O)(O)O. The quantitative estimate of drug-likeness (QED) is 0.719. The third-order valence-corrected chi connectivity index (χ3v) is 6.03. The maximum atomic E-state index is 11.2. The minimum Gasteiger partial charge on any atom is -0.346 e. The maximum absolute atomic E-state index is 11.2. The molecule has 2 rings (SSSR count). The van der Waals surface area contributed by atoms with Crippen LogP contribution in [-0.4, -0.2) is 29.5 Å². The molecule has 2 unspecified atom stereocenters. The highest BCUT2D eigenvalue weighted by molar-refractivity contribution is 7.65. The number of aromatic nitrogens is 2. The average molecular weight is 290 g/mol. The molecule has 0 aliphatic rings.